The van der Waals surface area contributed by atoms with E-state index >= 15 is 0 Å². The number of rotatable bonds is 13. The van der Waals surface area contributed by atoms with Crippen LogP contribution in [0.4, 0.5) is 0 Å². The van der Waals surface area contributed by atoms with Crippen LogP contribution in [0.1, 0.15) is 71.1 Å². The number of halogens is 1. The van der Waals surface area contributed by atoms with Crippen molar-refractivity contribution in [1.82, 2.24) is 20.9 Å². The highest BCUT2D eigenvalue weighted by molar-refractivity contribution is 6.20. The fraction of sp³-hybridized carbons (Fsp3) is 0.962. The first-order valence-corrected chi connectivity index (χ1v) is 14.5. The molecule has 3 fully saturated rings. The Hall–Kier alpha value is -0.480. The number of nitrogens with zero attached hydrogens (tertiary/aromatic N) is 1. The van der Waals surface area contributed by atoms with Crippen molar-refractivity contribution in [2.24, 2.45) is 23.3 Å². The van der Waals surface area contributed by atoms with Crippen molar-refractivity contribution in [3.05, 3.63) is 0 Å². The molecule has 0 aromatic rings. The van der Waals surface area contributed by atoms with Gasteiger partial charge in [-0.05, 0) is 65.1 Å². The minimum absolute atomic E-state index is 0.000811. The number of ether oxygens (including phenoxy) is 1. The quantitative estimate of drug-likeness (QED) is 0.188. The van der Waals surface area contributed by atoms with Gasteiger partial charge in [0, 0.05) is 30.6 Å². The van der Waals surface area contributed by atoms with E-state index in [1.807, 2.05) is 6.92 Å². The number of likely N-dealkylation sites (N-methyl/N-ethyl adjacent to an activating group) is 1. The van der Waals surface area contributed by atoms with Gasteiger partial charge in [0.1, 0.15) is 0 Å². The lowest BCUT2D eigenvalue weighted by molar-refractivity contribution is -0.129. The maximum absolute atomic E-state index is 13.3. The van der Waals surface area contributed by atoms with Gasteiger partial charge in [0.2, 0.25) is 5.91 Å². The third-order valence-corrected chi connectivity index (χ3v) is 8.82. The first kappa shape index (κ1) is 29.1. The van der Waals surface area contributed by atoms with Crippen LogP contribution < -0.4 is 27.4 Å². The summed E-state index contributed by atoms with van der Waals surface area (Å²) in [5.74, 6) is 0.168. The van der Waals surface area contributed by atoms with Crippen molar-refractivity contribution < 1.29 is 9.53 Å². The Morgan fingerprint density at radius 1 is 1.17 bits per heavy atom. The topological polar surface area (TPSA) is 118 Å². The van der Waals surface area contributed by atoms with Gasteiger partial charge in [0.05, 0.1) is 30.8 Å². The van der Waals surface area contributed by atoms with Crippen LogP contribution in [0.5, 0.6) is 0 Å². The molecule has 8 nitrogen and oxygen atoms in total. The monoisotopic (exact) mass is 514 g/mol. The maximum Gasteiger partial charge on any atom is 0.227 e. The van der Waals surface area contributed by atoms with Crippen molar-refractivity contribution in [2.75, 3.05) is 39.8 Å². The normalized spacial score (nSPS) is 29.3. The summed E-state index contributed by atoms with van der Waals surface area (Å²) < 4.78 is 6.32. The predicted molar refractivity (Wildman–Crippen MR) is 143 cm³/mol. The number of hydrogen-bond donors (Lipinski definition) is 5. The van der Waals surface area contributed by atoms with Gasteiger partial charge >= 0.3 is 0 Å². The lowest BCUT2D eigenvalue weighted by Gasteiger charge is -2.36. The summed E-state index contributed by atoms with van der Waals surface area (Å²) in [4.78, 5) is 15.7. The largest absolute Gasteiger partial charge is 0.374 e. The molecular weight excluding hydrogens is 464 g/mol. The van der Waals surface area contributed by atoms with E-state index in [1.165, 1.54) is 51.4 Å². The number of nitrogens with two attached hydrogens (primary N) is 2. The van der Waals surface area contributed by atoms with Gasteiger partial charge in [-0.2, -0.15) is 0 Å². The fourth-order valence-electron chi connectivity index (χ4n) is 6.05. The van der Waals surface area contributed by atoms with Gasteiger partial charge in [-0.15, -0.1) is 11.6 Å². The van der Waals surface area contributed by atoms with Crippen LogP contribution in [0.25, 0.3) is 0 Å². The number of hydrogen-bond acceptors (Lipinski definition) is 7. The highest BCUT2D eigenvalue weighted by Gasteiger charge is 2.34. The molecule has 2 heterocycles. The first-order chi connectivity index (χ1) is 16.8. The smallest absolute Gasteiger partial charge is 0.227 e. The average Bonchev–Trinajstić information content (AvgIpc) is 3.26. The Morgan fingerprint density at radius 3 is 2.63 bits per heavy atom. The number of likely N-dealkylation sites (tertiary alicyclic amines) is 1. The molecule has 3 aliphatic rings. The minimum atomic E-state index is -0.753. The molecule has 0 radical (unpaired) electrons. The molecule has 1 saturated carbocycles. The molecule has 7 N–H and O–H groups in total. The summed E-state index contributed by atoms with van der Waals surface area (Å²) in [6.45, 7) is 6.06. The molecule has 6 atom stereocenters. The lowest BCUT2D eigenvalue weighted by atomic mass is 9.86. The number of carbonyl (C=O) groups excluding carboxylic acids is 1. The molecule has 0 aromatic carbocycles. The Balaban J connectivity index is 1.44. The number of alkyl halides is 1. The van der Waals surface area contributed by atoms with E-state index in [4.69, 9.17) is 27.8 Å². The second kappa shape index (κ2) is 15.1. The van der Waals surface area contributed by atoms with E-state index in [1.54, 1.807) is 0 Å². The molecule has 3 rings (SSSR count). The second-order valence-electron chi connectivity index (χ2n) is 11.2. The summed E-state index contributed by atoms with van der Waals surface area (Å²) in [5, 5.41) is 10.1. The van der Waals surface area contributed by atoms with Gasteiger partial charge in [0.25, 0.3) is 0 Å². The minimum Gasteiger partial charge on any atom is -0.374 e. The number of carbonyl (C=O) groups is 1. The zero-order valence-electron chi connectivity index (χ0n) is 22.0. The summed E-state index contributed by atoms with van der Waals surface area (Å²) in [6, 6.07) is 0.207. The van der Waals surface area contributed by atoms with Crippen LogP contribution in [0, 0.1) is 11.8 Å². The second-order valence-corrected chi connectivity index (χ2v) is 11.9. The van der Waals surface area contributed by atoms with Crippen LogP contribution in [0.2, 0.25) is 0 Å². The number of amides is 1. The highest BCUT2D eigenvalue weighted by Crippen LogP contribution is 2.28. The zero-order valence-corrected chi connectivity index (χ0v) is 22.8. The van der Waals surface area contributed by atoms with Gasteiger partial charge in [-0.25, -0.2) is 0 Å². The molecule has 1 aliphatic carbocycles. The molecular formula is C26H51ClN6O2. The molecule has 2 aliphatic heterocycles. The van der Waals surface area contributed by atoms with E-state index in [0.29, 0.717) is 25.7 Å². The van der Waals surface area contributed by atoms with Crippen molar-refractivity contribution in [3.8, 4) is 0 Å². The third kappa shape index (κ3) is 9.40. The van der Waals surface area contributed by atoms with Crippen LogP contribution in [-0.2, 0) is 9.53 Å². The summed E-state index contributed by atoms with van der Waals surface area (Å²) in [6.07, 6.45) is 11.5. The van der Waals surface area contributed by atoms with Crippen molar-refractivity contribution in [1.29, 1.82) is 0 Å². The Kier molecular flexibility index (Phi) is 12.5. The SMILES string of the molecule is CC(NCC(Cl)CCC1CCCCC1)C(C(=O)NC1CNCCC1OC[C@@H]1CCCN1C)C(N)N. The lowest BCUT2D eigenvalue weighted by Crippen LogP contribution is -2.61. The molecule has 0 aromatic heterocycles. The van der Waals surface area contributed by atoms with Crippen molar-refractivity contribution >= 4 is 17.5 Å². The summed E-state index contributed by atoms with van der Waals surface area (Å²) in [7, 11) is 2.16. The molecule has 9 heteroatoms. The van der Waals surface area contributed by atoms with E-state index in [0.717, 1.165) is 31.8 Å². The van der Waals surface area contributed by atoms with Crippen LogP contribution in [-0.4, -0.2) is 86.4 Å². The van der Waals surface area contributed by atoms with E-state index in [9.17, 15) is 4.79 Å². The summed E-state index contributed by atoms with van der Waals surface area (Å²) >= 11 is 6.63. The van der Waals surface area contributed by atoms with E-state index in [2.05, 4.69) is 27.9 Å². The molecule has 0 spiro atoms. The summed E-state index contributed by atoms with van der Waals surface area (Å²) in [5.41, 5.74) is 12.2. The third-order valence-electron chi connectivity index (χ3n) is 8.45. The zero-order chi connectivity index (χ0) is 25.2. The first-order valence-electron chi connectivity index (χ1n) is 14.1. The highest BCUT2D eigenvalue weighted by atomic mass is 35.5. The van der Waals surface area contributed by atoms with Gasteiger partial charge in [-0.1, -0.05) is 32.1 Å². The number of nitrogens with one attached hydrogen (secondary N) is 3. The van der Waals surface area contributed by atoms with Crippen molar-refractivity contribution in [3.63, 3.8) is 0 Å². The Bertz CT molecular complexity index is 621. The fourth-order valence-corrected chi connectivity index (χ4v) is 6.27. The Morgan fingerprint density at radius 2 is 1.94 bits per heavy atom. The Labute approximate surface area is 218 Å². The van der Waals surface area contributed by atoms with Crippen LogP contribution in [0.3, 0.4) is 0 Å². The molecule has 204 valence electrons. The number of piperidine rings is 1. The van der Waals surface area contributed by atoms with Gasteiger partial charge < -0.3 is 37.1 Å². The predicted octanol–water partition coefficient (Wildman–Crippen LogP) is 1.75. The molecule has 1 amide bonds. The standard InChI is InChI=1S/C26H51ClN6O2/c1-18(31-15-20(27)11-10-19-7-4-3-5-8-19)24(25(28)29)26(34)32-22-16-30-13-12-23(22)35-17-21-9-6-14-33(21)2/h18-25,30-31H,3-17,28-29H2,1-2H3,(H,32,34)/t18?,20?,21-,22?,23?,24?/m0/s1. The molecule has 35 heavy (non-hydrogen) atoms. The van der Waals surface area contributed by atoms with Crippen LogP contribution in [0.15, 0.2) is 0 Å². The molecule has 0 bridgehead atoms. The van der Waals surface area contributed by atoms with Gasteiger partial charge in [-0.3, -0.25) is 4.79 Å². The van der Waals surface area contributed by atoms with Crippen LogP contribution >= 0.6 is 11.6 Å². The average molecular weight is 515 g/mol. The molecule has 5 unspecified atom stereocenters. The van der Waals surface area contributed by atoms with E-state index < -0.39 is 12.1 Å². The van der Waals surface area contributed by atoms with Crippen molar-refractivity contribution in [2.45, 2.75) is 107 Å². The maximum atomic E-state index is 13.3. The van der Waals surface area contributed by atoms with E-state index in [-0.39, 0.29) is 29.5 Å². The molecule has 2 saturated heterocycles. The van der Waals surface area contributed by atoms with Gasteiger partial charge in [0.15, 0.2) is 0 Å².